The molecule has 0 saturated heterocycles. The van der Waals surface area contributed by atoms with Crippen molar-refractivity contribution in [2.24, 2.45) is 0 Å². The summed E-state index contributed by atoms with van der Waals surface area (Å²) in [4.78, 5) is 28.8. The Morgan fingerprint density at radius 1 is 0.909 bits per heavy atom. The summed E-state index contributed by atoms with van der Waals surface area (Å²) in [5, 5.41) is 2.03. The summed E-state index contributed by atoms with van der Waals surface area (Å²) in [5.74, 6) is -1.65. The molecule has 0 amide bonds. The molecule has 0 aliphatic heterocycles. The molecule has 0 saturated carbocycles. The highest BCUT2D eigenvalue weighted by Crippen LogP contribution is 2.36. The van der Waals surface area contributed by atoms with E-state index < -0.39 is 23.0 Å². The van der Waals surface area contributed by atoms with E-state index in [0.29, 0.717) is 24.4 Å². The zero-order chi connectivity index (χ0) is 30.8. The number of furan rings is 1. The van der Waals surface area contributed by atoms with Crippen LogP contribution in [0.5, 0.6) is 0 Å². The molecule has 0 atom stereocenters. The van der Waals surface area contributed by atoms with Crippen molar-refractivity contribution in [2.45, 2.75) is 26.6 Å². The summed E-state index contributed by atoms with van der Waals surface area (Å²) in [6.45, 7) is 2.55. The van der Waals surface area contributed by atoms with E-state index in [1.165, 1.54) is 29.0 Å². The molecular formula is C36H30F2N2O4. The fraction of sp³-hybridized carbons (Fsp3) is 0.167. The van der Waals surface area contributed by atoms with Crippen LogP contribution in [0.15, 0.2) is 107 Å². The van der Waals surface area contributed by atoms with Crippen LogP contribution in [0, 0.1) is 11.6 Å². The Kier molecular flexibility index (Phi) is 8.09. The normalized spacial score (nSPS) is 11.5. The van der Waals surface area contributed by atoms with Gasteiger partial charge >= 0.3 is 5.97 Å². The Morgan fingerprint density at radius 3 is 2.39 bits per heavy atom. The number of halogens is 2. The van der Waals surface area contributed by atoms with Crippen molar-refractivity contribution in [3.05, 3.63) is 142 Å². The van der Waals surface area contributed by atoms with Gasteiger partial charge in [-0.05, 0) is 49.4 Å². The van der Waals surface area contributed by atoms with Crippen molar-refractivity contribution in [3.8, 4) is 11.3 Å². The summed E-state index contributed by atoms with van der Waals surface area (Å²) in [6, 6.07) is 25.0. The van der Waals surface area contributed by atoms with Gasteiger partial charge in [0, 0.05) is 46.6 Å². The molecule has 6 rings (SSSR count). The largest absolute Gasteiger partial charge is 0.463 e. The fourth-order valence-corrected chi connectivity index (χ4v) is 5.61. The molecule has 2 heterocycles. The van der Waals surface area contributed by atoms with E-state index in [-0.39, 0.29) is 29.7 Å². The van der Waals surface area contributed by atoms with Crippen molar-refractivity contribution >= 4 is 27.6 Å². The van der Waals surface area contributed by atoms with Gasteiger partial charge in [-0.1, -0.05) is 60.7 Å². The molecular weight excluding hydrogens is 562 g/mol. The van der Waals surface area contributed by atoms with Crippen molar-refractivity contribution in [1.29, 1.82) is 0 Å². The first-order valence-electron chi connectivity index (χ1n) is 14.3. The van der Waals surface area contributed by atoms with Crippen molar-refractivity contribution in [3.63, 3.8) is 0 Å². The van der Waals surface area contributed by atoms with Crippen LogP contribution in [0.2, 0.25) is 0 Å². The Labute approximate surface area is 252 Å². The highest BCUT2D eigenvalue weighted by molar-refractivity contribution is 5.99. The lowest BCUT2D eigenvalue weighted by Gasteiger charge is -2.21. The summed E-state index contributed by atoms with van der Waals surface area (Å²) in [5.41, 5.74) is 2.11. The molecule has 44 heavy (non-hydrogen) atoms. The van der Waals surface area contributed by atoms with Crippen molar-refractivity contribution < 1.29 is 22.7 Å². The molecule has 0 aliphatic rings. The number of hydrogen-bond donors (Lipinski definition) is 0. The molecule has 0 radical (unpaired) electrons. The number of rotatable bonds is 9. The second-order valence-corrected chi connectivity index (χ2v) is 10.8. The van der Waals surface area contributed by atoms with Crippen LogP contribution < -0.4 is 5.43 Å². The molecule has 6 aromatic rings. The van der Waals surface area contributed by atoms with E-state index in [1.807, 2.05) is 61.6 Å². The molecule has 0 aliphatic carbocycles. The predicted octanol–water partition coefficient (Wildman–Crippen LogP) is 7.55. The Hall–Kier alpha value is -5.08. The summed E-state index contributed by atoms with van der Waals surface area (Å²) >= 11 is 0. The van der Waals surface area contributed by atoms with Gasteiger partial charge < -0.3 is 13.7 Å². The number of carbonyl (C=O) groups is 1. The third kappa shape index (κ3) is 5.64. The van der Waals surface area contributed by atoms with Gasteiger partial charge in [-0.15, -0.1) is 0 Å². The Morgan fingerprint density at radius 2 is 1.64 bits per heavy atom. The van der Waals surface area contributed by atoms with Gasteiger partial charge in [-0.25, -0.2) is 13.6 Å². The van der Waals surface area contributed by atoms with Crippen LogP contribution in [-0.4, -0.2) is 29.1 Å². The van der Waals surface area contributed by atoms with Crippen LogP contribution in [0.1, 0.15) is 34.0 Å². The van der Waals surface area contributed by atoms with Crippen LogP contribution >= 0.6 is 0 Å². The topological polar surface area (TPSA) is 64.7 Å². The third-order valence-electron chi connectivity index (χ3n) is 7.68. The standard InChI is InChI=1S/C36H30F2N2O4/c1-3-43-36(42)30-21-40(20-29-31(37)14-9-15-32(29)38)33-17-27(35-26-13-8-7-12-24(26)22-44-35)25(16-28(33)34(30)41)19-39(2)18-23-10-5-4-6-11-23/h4-17,21-22H,3,18-20H2,1-2H3. The fourth-order valence-electron chi connectivity index (χ4n) is 5.61. The quantitative estimate of drug-likeness (QED) is 0.162. The molecule has 8 heteroatoms. The molecule has 2 aromatic heterocycles. The lowest BCUT2D eigenvalue weighted by molar-refractivity contribution is 0.0524. The van der Waals surface area contributed by atoms with Gasteiger partial charge in [0.15, 0.2) is 0 Å². The molecule has 6 nitrogen and oxygen atoms in total. The minimum atomic E-state index is -0.800. The number of carbonyl (C=O) groups excluding carboxylic acids is 1. The van der Waals surface area contributed by atoms with Gasteiger partial charge in [0.1, 0.15) is 23.0 Å². The molecule has 0 unspecified atom stereocenters. The maximum Gasteiger partial charge on any atom is 0.343 e. The number of pyridine rings is 1. The molecule has 222 valence electrons. The lowest BCUT2D eigenvalue weighted by Crippen LogP contribution is -2.23. The predicted molar refractivity (Wildman–Crippen MR) is 166 cm³/mol. The first-order chi connectivity index (χ1) is 21.3. The van der Waals surface area contributed by atoms with Gasteiger partial charge in [-0.2, -0.15) is 0 Å². The van der Waals surface area contributed by atoms with Crippen LogP contribution in [0.3, 0.4) is 0 Å². The number of benzene rings is 4. The smallest absolute Gasteiger partial charge is 0.343 e. The van der Waals surface area contributed by atoms with Gasteiger partial charge in [-0.3, -0.25) is 9.69 Å². The van der Waals surface area contributed by atoms with Crippen LogP contribution in [0.4, 0.5) is 8.78 Å². The van der Waals surface area contributed by atoms with E-state index in [2.05, 4.69) is 4.90 Å². The Bertz CT molecular complexity index is 2030. The number of hydrogen-bond acceptors (Lipinski definition) is 5. The SMILES string of the molecule is CCOC(=O)c1cn(Cc2c(F)cccc2F)c2cc(-c3occ4ccccc34)c(CN(C)Cc3ccccc3)cc2c1=O. The average molecular weight is 593 g/mol. The minimum absolute atomic E-state index is 0.0677. The number of fused-ring (bicyclic) bond motifs is 2. The summed E-state index contributed by atoms with van der Waals surface area (Å²) in [6.07, 6.45) is 3.00. The number of ether oxygens (including phenoxy) is 1. The summed E-state index contributed by atoms with van der Waals surface area (Å²) in [7, 11) is 1.98. The molecule has 4 aromatic carbocycles. The molecule has 0 fully saturated rings. The van der Waals surface area contributed by atoms with E-state index >= 15 is 0 Å². The number of nitrogens with zero attached hydrogens (tertiary/aromatic N) is 2. The first-order valence-corrected chi connectivity index (χ1v) is 14.3. The molecule has 0 bridgehead atoms. The van der Waals surface area contributed by atoms with Gasteiger partial charge in [0.2, 0.25) is 5.43 Å². The highest BCUT2D eigenvalue weighted by Gasteiger charge is 2.22. The van der Waals surface area contributed by atoms with Gasteiger partial charge in [0.25, 0.3) is 0 Å². The summed E-state index contributed by atoms with van der Waals surface area (Å²) < 4.78 is 42.5. The van der Waals surface area contributed by atoms with Crippen molar-refractivity contribution in [2.75, 3.05) is 13.7 Å². The second kappa shape index (κ2) is 12.3. The van der Waals surface area contributed by atoms with E-state index in [1.54, 1.807) is 25.3 Å². The Balaban J connectivity index is 1.59. The molecule has 0 N–H and O–H groups in total. The van der Waals surface area contributed by atoms with E-state index in [4.69, 9.17) is 9.15 Å². The minimum Gasteiger partial charge on any atom is -0.463 e. The van der Waals surface area contributed by atoms with E-state index in [0.717, 1.165) is 27.5 Å². The second-order valence-electron chi connectivity index (χ2n) is 10.8. The number of aromatic nitrogens is 1. The maximum absolute atomic E-state index is 14.8. The van der Waals surface area contributed by atoms with Gasteiger partial charge in [0.05, 0.1) is 24.9 Å². The maximum atomic E-state index is 14.8. The van der Waals surface area contributed by atoms with E-state index in [9.17, 15) is 18.4 Å². The van der Waals surface area contributed by atoms with Crippen molar-refractivity contribution in [1.82, 2.24) is 9.47 Å². The third-order valence-corrected chi connectivity index (χ3v) is 7.68. The lowest BCUT2D eigenvalue weighted by atomic mass is 9.97. The first kappa shape index (κ1) is 29.0. The van der Waals surface area contributed by atoms with Crippen LogP contribution in [-0.2, 0) is 24.4 Å². The number of esters is 1. The highest BCUT2D eigenvalue weighted by atomic mass is 19.1. The van der Waals surface area contributed by atoms with Crippen LogP contribution in [0.25, 0.3) is 33.0 Å². The monoisotopic (exact) mass is 592 g/mol. The average Bonchev–Trinajstić information content (AvgIpc) is 3.44. The zero-order valence-corrected chi connectivity index (χ0v) is 24.3. The molecule has 0 spiro atoms. The zero-order valence-electron chi connectivity index (χ0n) is 24.3.